The second-order valence-electron chi connectivity index (χ2n) is 11.4. The number of ketones is 1. The summed E-state index contributed by atoms with van der Waals surface area (Å²) < 4.78 is 0. The lowest BCUT2D eigenvalue weighted by atomic mass is 9.72. The van der Waals surface area contributed by atoms with Gasteiger partial charge in [-0.15, -0.1) is 0 Å². The van der Waals surface area contributed by atoms with E-state index in [4.69, 9.17) is 0 Å². The highest BCUT2D eigenvalue weighted by Crippen LogP contribution is 2.35. The van der Waals surface area contributed by atoms with Crippen LogP contribution < -0.4 is 0 Å². The maximum absolute atomic E-state index is 13.1. The van der Waals surface area contributed by atoms with E-state index >= 15 is 0 Å². The van der Waals surface area contributed by atoms with Crippen molar-refractivity contribution in [2.24, 2.45) is 0 Å². The molecule has 37 heavy (non-hydrogen) atoms. The number of carbonyl (C=O) groups excluding carboxylic acids is 1. The minimum atomic E-state index is -1.84. The van der Waals surface area contributed by atoms with Gasteiger partial charge in [-0.25, -0.2) is 0 Å². The van der Waals surface area contributed by atoms with E-state index in [0.717, 1.165) is 64.2 Å². The predicted molar refractivity (Wildman–Crippen MR) is 159 cm³/mol. The third kappa shape index (κ3) is 16.8. The van der Waals surface area contributed by atoms with Gasteiger partial charge in [0.25, 0.3) is 0 Å². The molecular formula is C33H64O4. The van der Waals surface area contributed by atoms with Crippen LogP contribution in [0.4, 0.5) is 0 Å². The van der Waals surface area contributed by atoms with Crippen molar-refractivity contribution in [2.75, 3.05) is 6.61 Å². The van der Waals surface area contributed by atoms with Gasteiger partial charge in [-0.1, -0.05) is 136 Å². The fraction of sp³-hybridized carbons (Fsp3) is 0.909. The van der Waals surface area contributed by atoms with E-state index in [2.05, 4.69) is 26.0 Å². The fourth-order valence-electron chi connectivity index (χ4n) is 5.24. The first-order valence-electron chi connectivity index (χ1n) is 16.2. The molecule has 4 heteroatoms. The molecule has 0 saturated heterocycles. The number of allylic oxidation sites excluding steroid dienone is 2. The van der Waals surface area contributed by atoms with Gasteiger partial charge in [-0.2, -0.15) is 0 Å². The molecule has 3 N–H and O–H groups in total. The van der Waals surface area contributed by atoms with Crippen LogP contribution in [0.5, 0.6) is 0 Å². The summed E-state index contributed by atoms with van der Waals surface area (Å²) in [6.07, 6.45) is 28.9. The number of rotatable bonds is 28. The van der Waals surface area contributed by atoms with Crippen molar-refractivity contribution in [3.63, 3.8) is 0 Å². The highest BCUT2D eigenvalue weighted by Gasteiger charge is 2.52. The quantitative estimate of drug-likeness (QED) is 0.0705. The number of carbonyl (C=O) groups is 1. The van der Waals surface area contributed by atoms with Crippen LogP contribution in [0.15, 0.2) is 12.2 Å². The molecule has 0 aliphatic carbocycles. The molecule has 0 rings (SSSR count). The standard InChI is InChI=1S/C33H64O4/c1-4-7-10-12-13-14-15-16-17-18-19-20-21-22-24-26-29-33(37,32(36,30-34)28-9-6-3)31(35)27-25-23-11-8-5-2/h16-17,34,36-37H,4-15,18-30H2,1-3H3/b17-16-. The van der Waals surface area contributed by atoms with E-state index in [1.807, 2.05) is 6.92 Å². The molecule has 0 aliphatic rings. The van der Waals surface area contributed by atoms with E-state index in [0.29, 0.717) is 12.8 Å². The Morgan fingerprint density at radius 1 is 0.568 bits per heavy atom. The van der Waals surface area contributed by atoms with Gasteiger partial charge in [0, 0.05) is 6.42 Å². The number of hydrogen-bond donors (Lipinski definition) is 3. The molecule has 0 aromatic heterocycles. The predicted octanol–water partition coefficient (Wildman–Crippen LogP) is 8.99. The van der Waals surface area contributed by atoms with Crippen molar-refractivity contribution >= 4 is 5.78 Å². The summed E-state index contributed by atoms with van der Waals surface area (Å²) in [7, 11) is 0. The molecule has 0 bridgehead atoms. The van der Waals surface area contributed by atoms with E-state index in [9.17, 15) is 20.1 Å². The van der Waals surface area contributed by atoms with Crippen molar-refractivity contribution in [1.29, 1.82) is 0 Å². The molecule has 0 fully saturated rings. The lowest BCUT2D eigenvalue weighted by Gasteiger charge is -2.42. The van der Waals surface area contributed by atoms with E-state index in [1.165, 1.54) is 57.8 Å². The van der Waals surface area contributed by atoms with Crippen molar-refractivity contribution in [1.82, 2.24) is 0 Å². The minimum absolute atomic E-state index is 0.239. The van der Waals surface area contributed by atoms with Gasteiger partial charge in [0.05, 0.1) is 6.61 Å². The summed E-state index contributed by atoms with van der Waals surface area (Å²) in [5.41, 5.74) is -3.59. The second-order valence-corrected chi connectivity index (χ2v) is 11.4. The molecule has 0 saturated carbocycles. The topological polar surface area (TPSA) is 77.8 Å². The fourth-order valence-corrected chi connectivity index (χ4v) is 5.24. The lowest BCUT2D eigenvalue weighted by molar-refractivity contribution is -0.190. The molecular weight excluding hydrogens is 460 g/mol. The molecule has 220 valence electrons. The van der Waals surface area contributed by atoms with Gasteiger partial charge in [-0.3, -0.25) is 4.79 Å². The van der Waals surface area contributed by atoms with Gasteiger partial charge in [0.2, 0.25) is 0 Å². The average Bonchev–Trinajstić information content (AvgIpc) is 2.90. The molecule has 0 radical (unpaired) electrons. The first-order chi connectivity index (χ1) is 17.9. The number of unbranched alkanes of at least 4 members (excludes halogenated alkanes) is 17. The van der Waals surface area contributed by atoms with Gasteiger partial charge in [0.15, 0.2) is 11.4 Å². The zero-order chi connectivity index (χ0) is 27.7. The molecule has 0 aromatic carbocycles. The summed E-state index contributed by atoms with van der Waals surface area (Å²) >= 11 is 0. The Bertz CT molecular complexity index is 546. The molecule has 0 aliphatic heterocycles. The number of hydrogen-bond acceptors (Lipinski definition) is 4. The number of aliphatic hydroxyl groups excluding tert-OH is 1. The first-order valence-corrected chi connectivity index (χ1v) is 16.2. The second kappa shape index (κ2) is 24.3. The molecule has 0 heterocycles. The van der Waals surface area contributed by atoms with Crippen LogP contribution in [0.25, 0.3) is 0 Å². The zero-order valence-electron chi connectivity index (χ0n) is 25.1. The summed E-state index contributed by atoms with van der Waals surface area (Å²) in [6.45, 7) is 5.86. The summed E-state index contributed by atoms with van der Waals surface area (Å²) in [5.74, 6) is -0.288. The van der Waals surface area contributed by atoms with Crippen molar-refractivity contribution in [3.8, 4) is 0 Å². The van der Waals surface area contributed by atoms with Crippen LogP contribution in [-0.2, 0) is 4.79 Å². The molecule has 4 nitrogen and oxygen atoms in total. The number of Topliss-reactive ketones (excluding diaryl/α,β-unsaturated/α-hetero) is 1. The Kier molecular flexibility index (Phi) is 23.9. The smallest absolute Gasteiger partial charge is 0.167 e. The summed E-state index contributed by atoms with van der Waals surface area (Å²) in [4.78, 5) is 13.1. The molecule has 2 unspecified atom stereocenters. The van der Waals surface area contributed by atoms with E-state index < -0.39 is 17.8 Å². The van der Waals surface area contributed by atoms with Gasteiger partial charge in [0.1, 0.15) is 5.60 Å². The third-order valence-corrected chi connectivity index (χ3v) is 7.99. The minimum Gasteiger partial charge on any atom is -0.393 e. The van der Waals surface area contributed by atoms with Crippen LogP contribution >= 0.6 is 0 Å². The zero-order valence-corrected chi connectivity index (χ0v) is 25.1. The summed E-state index contributed by atoms with van der Waals surface area (Å²) in [6, 6.07) is 0. The van der Waals surface area contributed by atoms with Crippen LogP contribution in [0.1, 0.15) is 175 Å². The van der Waals surface area contributed by atoms with Crippen LogP contribution in [0.3, 0.4) is 0 Å². The Morgan fingerprint density at radius 2 is 1.00 bits per heavy atom. The first kappa shape index (κ1) is 36.3. The Labute approximate surface area is 230 Å². The molecule has 0 aromatic rings. The van der Waals surface area contributed by atoms with Crippen LogP contribution in [-0.4, -0.2) is 38.9 Å². The van der Waals surface area contributed by atoms with Gasteiger partial charge in [-0.05, 0) is 44.9 Å². The summed E-state index contributed by atoms with van der Waals surface area (Å²) in [5, 5.41) is 32.7. The Balaban J connectivity index is 4.33. The van der Waals surface area contributed by atoms with Crippen molar-refractivity contribution < 1.29 is 20.1 Å². The van der Waals surface area contributed by atoms with Crippen LogP contribution in [0.2, 0.25) is 0 Å². The van der Waals surface area contributed by atoms with E-state index in [1.54, 1.807) is 0 Å². The lowest BCUT2D eigenvalue weighted by Crippen LogP contribution is -2.61. The monoisotopic (exact) mass is 524 g/mol. The van der Waals surface area contributed by atoms with Gasteiger partial charge >= 0.3 is 0 Å². The van der Waals surface area contributed by atoms with Gasteiger partial charge < -0.3 is 15.3 Å². The molecule has 2 atom stereocenters. The Morgan fingerprint density at radius 3 is 1.49 bits per heavy atom. The highest BCUT2D eigenvalue weighted by molar-refractivity contribution is 5.88. The third-order valence-electron chi connectivity index (χ3n) is 7.99. The Hall–Kier alpha value is -0.710. The number of aliphatic hydroxyl groups is 3. The largest absolute Gasteiger partial charge is 0.393 e. The normalized spacial score (nSPS) is 15.2. The maximum Gasteiger partial charge on any atom is 0.167 e. The molecule has 0 amide bonds. The SMILES string of the molecule is CCCCCCCC/C=C\CCCCCCCCC(O)(C(=O)CCCCCCC)C(O)(CO)CCCC. The van der Waals surface area contributed by atoms with Crippen LogP contribution in [0, 0.1) is 0 Å². The maximum atomic E-state index is 13.1. The highest BCUT2D eigenvalue weighted by atomic mass is 16.4. The average molecular weight is 525 g/mol. The van der Waals surface area contributed by atoms with Crippen molar-refractivity contribution in [2.45, 2.75) is 186 Å². The van der Waals surface area contributed by atoms with E-state index in [-0.39, 0.29) is 25.0 Å². The molecule has 0 spiro atoms. The van der Waals surface area contributed by atoms with Crippen molar-refractivity contribution in [3.05, 3.63) is 12.2 Å².